The minimum Gasteiger partial charge on any atom is -0.456 e. The van der Waals surface area contributed by atoms with Crippen molar-refractivity contribution in [1.29, 1.82) is 0 Å². The van der Waals surface area contributed by atoms with Gasteiger partial charge in [-0.25, -0.2) is 0 Å². The van der Waals surface area contributed by atoms with Gasteiger partial charge < -0.3 is 14.2 Å². The van der Waals surface area contributed by atoms with E-state index in [0.29, 0.717) is 0 Å². The van der Waals surface area contributed by atoms with Crippen LogP contribution in [0.2, 0.25) is 0 Å². The van der Waals surface area contributed by atoms with E-state index in [2.05, 4.69) is 265 Å². The van der Waals surface area contributed by atoms with Gasteiger partial charge in [0.1, 0.15) is 11.2 Å². The number of hydrogen-bond acceptors (Lipinski definition) is 3. The van der Waals surface area contributed by atoms with Crippen molar-refractivity contribution in [2.45, 2.75) is 5.41 Å². The van der Waals surface area contributed by atoms with Gasteiger partial charge in [-0.05, 0) is 134 Å². The molecule has 0 amide bonds. The molecule has 1 spiro atoms. The molecule has 0 fully saturated rings. The fraction of sp³-hybridized carbons (Fsp3) is 0.0149. The van der Waals surface area contributed by atoms with Crippen molar-refractivity contribution >= 4 is 56.1 Å². The molecule has 12 aromatic rings. The first-order chi connectivity index (χ1) is 34.7. The maximum absolute atomic E-state index is 6.36. The highest BCUT2D eigenvalue weighted by Crippen LogP contribution is 2.64. The topological polar surface area (TPSA) is 19.6 Å². The largest absolute Gasteiger partial charge is 0.456 e. The molecule has 2 heterocycles. The van der Waals surface area contributed by atoms with Crippen LogP contribution >= 0.6 is 0 Å². The zero-order chi connectivity index (χ0) is 46.2. The molecule has 1 aromatic heterocycles. The third-order valence-corrected chi connectivity index (χ3v) is 14.7. The summed E-state index contributed by atoms with van der Waals surface area (Å²) >= 11 is 0. The van der Waals surface area contributed by atoms with E-state index in [4.69, 9.17) is 4.42 Å². The average Bonchev–Trinajstić information content (AvgIpc) is 3.95. The Bertz CT molecular complexity index is 3920. The van der Waals surface area contributed by atoms with Crippen molar-refractivity contribution in [2.24, 2.45) is 0 Å². The first-order valence-electron chi connectivity index (χ1n) is 24.1. The summed E-state index contributed by atoms with van der Waals surface area (Å²) in [6, 6.07) is 97.5. The lowest BCUT2D eigenvalue weighted by atomic mass is 9.64. The molecule has 0 saturated carbocycles. The molecular weight excluding hydrogens is 849 g/mol. The van der Waals surface area contributed by atoms with E-state index in [9.17, 15) is 0 Å². The lowest BCUT2D eigenvalue weighted by molar-refractivity contribution is 0.669. The molecule has 14 rings (SSSR count). The Hall–Kier alpha value is -9.18. The Labute approximate surface area is 407 Å². The van der Waals surface area contributed by atoms with Gasteiger partial charge in [0.2, 0.25) is 0 Å². The van der Waals surface area contributed by atoms with E-state index in [1.54, 1.807) is 0 Å². The first kappa shape index (κ1) is 39.9. The zero-order valence-electron chi connectivity index (χ0n) is 38.2. The molecule has 3 nitrogen and oxygen atoms in total. The van der Waals surface area contributed by atoms with Crippen LogP contribution in [0.1, 0.15) is 22.3 Å². The van der Waals surface area contributed by atoms with Gasteiger partial charge in [0, 0.05) is 33.4 Å². The molecule has 328 valence electrons. The molecule has 2 aliphatic rings. The second-order valence-corrected chi connectivity index (χ2v) is 18.4. The van der Waals surface area contributed by atoms with Crippen molar-refractivity contribution in [2.75, 3.05) is 9.80 Å². The van der Waals surface area contributed by atoms with Crippen LogP contribution in [-0.4, -0.2) is 0 Å². The van der Waals surface area contributed by atoms with Gasteiger partial charge >= 0.3 is 0 Å². The third-order valence-electron chi connectivity index (χ3n) is 14.7. The fourth-order valence-electron chi connectivity index (χ4n) is 11.7. The Morgan fingerprint density at radius 1 is 0.314 bits per heavy atom. The third kappa shape index (κ3) is 6.01. The second kappa shape index (κ2) is 16.0. The van der Waals surface area contributed by atoms with Crippen LogP contribution in [-0.2, 0) is 5.41 Å². The summed E-state index contributed by atoms with van der Waals surface area (Å²) in [5, 5.41) is 2.26. The quantitative estimate of drug-likeness (QED) is 0.159. The summed E-state index contributed by atoms with van der Waals surface area (Å²) in [6.07, 6.45) is 0. The Balaban J connectivity index is 0.996. The van der Waals surface area contributed by atoms with E-state index < -0.39 is 5.41 Å². The monoisotopic (exact) mass is 892 g/mol. The van der Waals surface area contributed by atoms with Crippen LogP contribution in [0, 0.1) is 0 Å². The standard InChI is InChI=1S/C67H44N2O/c1-3-19-46(20-4-1)51-23-7-8-24-52(51)55-26-10-15-31-62(55)68(49-38-35-45(36-39-49)47-37-41-57-56-27-11-18-34-65(56)70-66(57)43-47)50-40-42-54-53-25-9-12-28-58(53)67(61(54)44-50)59-29-13-16-32-63(59)69(48-21-5-2-6-22-48)64-33-17-14-30-60(64)67/h1-44H. The van der Waals surface area contributed by atoms with Crippen molar-refractivity contribution in [1.82, 2.24) is 0 Å². The molecular formula is C67H44N2O. The minimum absolute atomic E-state index is 0.606. The van der Waals surface area contributed by atoms with E-state index in [-0.39, 0.29) is 0 Å². The summed E-state index contributed by atoms with van der Waals surface area (Å²) in [7, 11) is 0. The fourth-order valence-corrected chi connectivity index (χ4v) is 11.7. The molecule has 0 radical (unpaired) electrons. The van der Waals surface area contributed by atoms with Gasteiger partial charge in [0.15, 0.2) is 0 Å². The molecule has 1 aliphatic carbocycles. The highest BCUT2D eigenvalue weighted by molar-refractivity contribution is 6.06. The number of anilines is 6. The first-order valence-corrected chi connectivity index (χ1v) is 24.1. The summed E-state index contributed by atoms with van der Waals surface area (Å²) < 4.78 is 6.36. The lowest BCUT2D eigenvalue weighted by Gasteiger charge is -2.45. The molecule has 11 aromatic carbocycles. The van der Waals surface area contributed by atoms with Crippen LogP contribution in [0.4, 0.5) is 34.1 Å². The minimum atomic E-state index is -0.606. The summed E-state index contributed by atoms with van der Waals surface area (Å²) in [5.41, 5.74) is 22.4. The molecule has 0 saturated heterocycles. The predicted octanol–water partition coefficient (Wildman–Crippen LogP) is 18.2. The number of nitrogens with zero attached hydrogens (tertiary/aromatic N) is 2. The maximum atomic E-state index is 6.36. The van der Waals surface area contributed by atoms with Crippen molar-refractivity contribution in [3.8, 4) is 44.5 Å². The molecule has 3 heteroatoms. The second-order valence-electron chi connectivity index (χ2n) is 18.4. The molecule has 70 heavy (non-hydrogen) atoms. The Morgan fingerprint density at radius 2 is 0.857 bits per heavy atom. The SMILES string of the molecule is c1ccc(-c2ccccc2-c2ccccc2N(c2ccc(-c3ccc4c(c3)oc3ccccc34)cc2)c2ccc3c(c2)C2(c4ccccc4-3)c3ccccc3N(c3ccccc3)c3ccccc32)cc1. The summed E-state index contributed by atoms with van der Waals surface area (Å²) in [5.74, 6) is 0. The van der Waals surface area contributed by atoms with Gasteiger partial charge in [-0.15, -0.1) is 0 Å². The van der Waals surface area contributed by atoms with Crippen molar-refractivity contribution < 1.29 is 4.42 Å². The highest BCUT2D eigenvalue weighted by atomic mass is 16.3. The van der Waals surface area contributed by atoms with Gasteiger partial charge in [0.05, 0.1) is 22.5 Å². The van der Waals surface area contributed by atoms with Gasteiger partial charge in [-0.1, -0.05) is 194 Å². The Kier molecular flexibility index (Phi) is 9.11. The van der Waals surface area contributed by atoms with E-state index in [1.165, 1.54) is 61.4 Å². The van der Waals surface area contributed by atoms with Gasteiger partial charge in [-0.3, -0.25) is 0 Å². The van der Waals surface area contributed by atoms with Crippen molar-refractivity contribution in [3.05, 3.63) is 289 Å². The van der Waals surface area contributed by atoms with Gasteiger partial charge in [-0.2, -0.15) is 0 Å². The molecule has 0 unspecified atom stereocenters. The van der Waals surface area contributed by atoms with Crippen LogP contribution < -0.4 is 9.80 Å². The smallest absolute Gasteiger partial charge is 0.136 e. The van der Waals surface area contributed by atoms with E-state index in [0.717, 1.165) is 61.4 Å². The number of rotatable bonds is 7. The molecule has 0 atom stereocenters. The summed E-state index contributed by atoms with van der Waals surface area (Å²) in [4.78, 5) is 4.91. The predicted molar refractivity (Wildman–Crippen MR) is 290 cm³/mol. The number of benzene rings is 11. The average molecular weight is 893 g/mol. The number of hydrogen-bond donors (Lipinski definition) is 0. The molecule has 0 N–H and O–H groups in total. The lowest BCUT2D eigenvalue weighted by Crippen LogP contribution is -2.36. The number of furan rings is 1. The molecule has 1 aliphatic heterocycles. The molecule has 0 bridgehead atoms. The summed E-state index contributed by atoms with van der Waals surface area (Å²) in [6.45, 7) is 0. The number of fused-ring (bicyclic) bond motifs is 12. The van der Waals surface area contributed by atoms with Crippen LogP contribution in [0.15, 0.2) is 271 Å². The van der Waals surface area contributed by atoms with Crippen LogP contribution in [0.25, 0.3) is 66.4 Å². The highest BCUT2D eigenvalue weighted by Gasteiger charge is 2.52. The van der Waals surface area contributed by atoms with Crippen LogP contribution in [0.5, 0.6) is 0 Å². The van der Waals surface area contributed by atoms with Crippen LogP contribution in [0.3, 0.4) is 0 Å². The number of para-hydroxylation sites is 5. The normalized spacial score (nSPS) is 12.9. The maximum Gasteiger partial charge on any atom is 0.136 e. The van der Waals surface area contributed by atoms with E-state index in [1.807, 2.05) is 12.1 Å². The Morgan fingerprint density at radius 3 is 1.61 bits per heavy atom. The van der Waals surface area contributed by atoms with Gasteiger partial charge in [0.25, 0.3) is 0 Å². The zero-order valence-corrected chi connectivity index (χ0v) is 38.2. The van der Waals surface area contributed by atoms with Crippen molar-refractivity contribution in [3.63, 3.8) is 0 Å². The van der Waals surface area contributed by atoms with E-state index >= 15 is 0 Å².